The molecule has 0 atom stereocenters. The molecule has 1 aromatic carbocycles. The second kappa shape index (κ2) is 8.34. The fourth-order valence-electron chi connectivity index (χ4n) is 1.75. The summed E-state index contributed by atoms with van der Waals surface area (Å²) >= 11 is 0. The molecule has 18 heavy (non-hydrogen) atoms. The van der Waals surface area contributed by atoms with Gasteiger partial charge in [-0.15, -0.1) is 0 Å². The van der Waals surface area contributed by atoms with E-state index in [1.54, 1.807) is 0 Å². The molecule has 1 aromatic rings. The zero-order valence-electron chi connectivity index (χ0n) is 11.6. The predicted octanol–water partition coefficient (Wildman–Crippen LogP) is 2.66. The summed E-state index contributed by atoms with van der Waals surface area (Å²) in [6.07, 6.45) is 5.24. The van der Waals surface area contributed by atoms with E-state index in [4.69, 9.17) is 0 Å². The van der Waals surface area contributed by atoms with Crippen molar-refractivity contribution in [3.8, 4) is 0 Å². The summed E-state index contributed by atoms with van der Waals surface area (Å²) in [5, 5.41) is 3.35. The van der Waals surface area contributed by atoms with Crippen molar-refractivity contribution in [2.45, 2.75) is 19.9 Å². The van der Waals surface area contributed by atoms with E-state index < -0.39 is 0 Å². The standard InChI is InChI=1S/C15H23N3/c1-4-5-9-12-17-15(16-2)18(3)13-14-10-7-6-8-11-14/h4-8,10-11H,9,12-13H2,1-3H3,(H,16,17). The van der Waals surface area contributed by atoms with Gasteiger partial charge in [-0.05, 0) is 18.9 Å². The van der Waals surface area contributed by atoms with Gasteiger partial charge >= 0.3 is 0 Å². The molecule has 0 radical (unpaired) electrons. The largest absolute Gasteiger partial charge is 0.356 e. The third-order valence-corrected chi connectivity index (χ3v) is 2.67. The van der Waals surface area contributed by atoms with Gasteiger partial charge in [0.1, 0.15) is 0 Å². The van der Waals surface area contributed by atoms with Gasteiger partial charge in [-0.1, -0.05) is 42.5 Å². The van der Waals surface area contributed by atoms with Crippen LogP contribution in [-0.4, -0.2) is 31.5 Å². The summed E-state index contributed by atoms with van der Waals surface area (Å²) in [6.45, 7) is 3.82. The molecule has 0 aliphatic heterocycles. The second-order valence-corrected chi connectivity index (χ2v) is 4.17. The summed E-state index contributed by atoms with van der Waals surface area (Å²) in [6, 6.07) is 10.4. The number of hydrogen-bond acceptors (Lipinski definition) is 1. The summed E-state index contributed by atoms with van der Waals surface area (Å²) < 4.78 is 0. The molecule has 0 heterocycles. The van der Waals surface area contributed by atoms with Gasteiger partial charge in [-0.25, -0.2) is 0 Å². The predicted molar refractivity (Wildman–Crippen MR) is 78.7 cm³/mol. The van der Waals surface area contributed by atoms with Crippen LogP contribution in [0.3, 0.4) is 0 Å². The number of guanidine groups is 1. The van der Waals surface area contributed by atoms with E-state index in [-0.39, 0.29) is 0 Å². The van der Waals surface area contributed by atoms with Gasteiger partial charge in [0.05, 0.1) is 0 Å². The minimum Gasteiger partial charge on any atom is -0.356 e. The third kappa shape index (κ3) is 5.04. The molecule has 0 bridgehead atoms. The van der Waals surface area contributed by atoms with Crippen LogP contribution in [0.15, 0.2) is 47.5 Å². The van der Waals surface area contributed by atoms with Gasteiger partial charge in [0.15, 0.2) is 5.96 Å². The number of allylic oxidation sites excluding steroid dienone is 1. The van der Waals surface area contributed by atoms with Crippen molar-refractivity contribution in [2.75, 3.05) is 20.6 Å². The Morgan fingerprint density at radius 1 is 1.33 bits per heavy atom. The Hall–Kier alpha value is -1.77. The van der Waals surface area contributed by atoms with E-state index in [0.29, 0.717) is 0 Å². The first kappa shape index (κ1) is 14.3. The van der Waals surface area contributed by atoms with E-state index in [9.17, 15) is 0 Å². The highest BCUT2D eigenvalue weighted by atomic mass is 15.3. The number of nitrogens with one attached hydrogen (secondary N) is 1. The Kier molecular flexibility index (Phi) is 6.62. The van der Waals surface area contributed by atoms with Gasteiger partial charge < -0.3 is 10.2 Å². The van der Waals surface area contributed by atoms with Crippen LogP contribution in [0.25, 0.3) is 0 Å². The minimum absolute atomic E-state index is 0.865. The molecule has 98 valence electrons. The molecule has 3 nitrogen and oxygen atoms in total. The number of benzene rings is 1. The summed E-state index contributed by atoms with van der Waals surface area (Å²) in [4.78, 5) is 6.42. The van der Waals surface area contributed by atoms with Crippen LogP contribution in [0.4, 0.5) is 0 Å². The van der Waals surface area contributed by atoms with Crippen molar-refractivity contribution in [1.29, 1.82) is 0 Å². The highest BCUT2D eigenvalue weighted by molar-refractivity contribution is 5.79. The lowest BCUT2D eigenvalue weighted by molar-refractivity contribution is 0.477. The first-order valence-electron chi connectivity index (χ1n) is 6.34. The zero-order valence-corrected chi connectivity index (χ0v) is 11.6. The second-order valence-electron chi connectivity index (χ2n) is 4.17. The van der Waals surface area contributed by atoms with Crippen LogP contribution in [0.2, 0.25) is 0 Å². The van der Waals surface area contributed by atoms with Crippen molar-refractivity contribution >= 4 is 5.96 Å². The van der Waals surface area contributed by atoms with Crippen LogP contribution < -0.4 is 5.32 Å². The van der Waals surface area contributed by atoms with Crippen molar-refractivity contribution in [1.82, 2.24) is 10.2 Å². The van der Waals surface area contributed by atoms with Crippen LogP contribution >= 0.6 is 0 Å². The number of hydrogen-bond donors (Lipinski definition) is 1. The van der Waals surface area contributed by atoms with Crippen LogP contribution in [0, 0.1) is 0 Å². The highest BCUT2D eigenvalue weighted by Gasteiger charge is 2.04. The van der Waals surface area contributed by atoms with E-state index in [1.165, 1.54) is 5.56 Å². The summed E-state index contributed by atoms with van der Waals surface area (Å²) in [5.74, 6) is 0.934. The minimum atomic E-state index is 0.865. The Bertz CT molecular complexity index is 382. The normalized spacial score (nSPS) is 11.8. The molecule has 3 heteroatoms. The quantitative estimate of drug-likeness (QED) is 0.374. The molecule has 0 unspecified atom stereocenters. The van der Waals surface area contributed by atoms with Gasteiger partial charge in [-0.2, -0.15) is 0 Å². The first-order chi connectivity index (χ1) is 8.77. The Labute approximate surface area is 110 Å². The third-order valence-electron chi connectivity index (χ3n) is 2.67. The molecule has 0 saturated carbocycles. The lowest BCUT2D eigenvalue weighted by atomic mass is 10.2. The van der Waals surface area contributed by atoms with Crippen LogP contribution in [0.1, 0.15) is 18.9 Å². The van der Waals surface area contributed by atoms with E-state index in [0.717, 1.165) is 25.5 Å². The van der Waals surface area contributed by atoms with Gasteiger partial charge in [0.25, 0.3) is 0 Å². The average molecular weight is 245 g/mol. The molecule has 0 saturated heterocycles. The highest BCUT2D eigenvalue weighted by Crippen LogP contribution is 2.02. The molecule has 0 fully saturated rings. The molecule has 0 aliphatic rings. The SMILES string of the molecule is CC=CCCNC(=NC)N(C)Cc1ccccc1. The lowest BCUT2D eigenvalue weighted by Crippen LogP contribution is -2.38. The molecule has 1 rings (SSSR count). The molecular weight excluding hydrogens is 222 g/mol. The topological polar surface area (TPSA) is 27.6 Å². The zero-order chi connectivity index (χ0) is 13.2. The van der Waals surface area contributed by atoms with Crippen molar-refractivity contribution in [3.05, 3.63) is 48.0 Å². The fourth-order valence-corrected chi connectivity index (χ4v) is 1.75. The van der Waals surface area contributed by atoms with Gasteiger partial charge in [0, 0.05) is 27.2 Å². The smallest absolute Gasteiger partial charge is 0.193 e. The van der Waals surface area contributed by atoms with Crippen molar-refractivity contribution < 1.29 is 0 Å². The van der Waals surface area contributed by atoms with Gasteiger partial charge in [0.2, 0.25) is 0 Å². The molecule has 0 spiro atoms. The first-order valence-corrected chi connectivity index (χ1v) is 6.34. The number of aliphatic imine (C=N–C) groups is 1. The van der Waals surface area contributed by atoms with E-state index >= 15 is 0 Å². The van der Waals surface area contributed by atoms with E-state index in [1.807, 2.05) is 20.0 Å². The number of nitrogens with zero attached hydrogens (tertiary/aromatic N) is 2. The fraction of sp³-hybridized carbons (Fsp3) is 0.400. The lowest BCUT2D eigenvalue weighted by Gasteiger charge is -2.22. The summed E-state index contributed by atoms with van der Waals surface area (Å²) in [7, 11) is 3.87. The molecule has 0 aromatic heterocycles. The monoisotopic (exact) mass is 245 g/mol. The Balaban J connectivity index is 2.45. The van der Waals surface area contributed by atoms with Crippen molar-refractivity contribution in [2.24, 2.45) is 4.99 Å². The van der Waals surface area contributed by atoms with Crippen LogP contribution in [0.5, 0.6) is 0 Å². The van der Waals surface area contributed by atoms with Crippen molar-refractivity contribution in [3.63, 3.8) is 0 Å². The summed E-state index contributed by atoms with van der Waals surface area (Å²) in [5.41, 5.74) is 1.29. The molecular formula is C15H23N3. The maximum Gasteiger partial charge on any atom is 0.193 e. The maximum atomic E-state index is 4.29. The van der Waals surface area contributed by atoms with Crippen LogP contribution in [-0.2, 0) is 6.54 Å². The average Bonchev–Trinajstić information content (AvgIpc) is 2.40. The van der Waals surface area contributed by atoms with Gasteiger partial charge in [-0.3, -0.25) is 4.99 Å². The molecule has 0 aliphatic carbocycles. The Morgan fingerprint density at radius 3 is 2.67 bits per heavy atom. The maximum absolute atomic E-state index is 4.29. The molecule has 1 N–H and O–H groups in total. The molecule has 0 amide bonds. The van der Waals surface area contributed by atoms with E-state index in [2.05, 4.69) is 58.7 Å². The Morgan fingerprint density at radius 2 is 2.06 bits per heavy atom. The number of rotatable bonds is 5.